The first-order chi connectivity index (χ1) is 16.9. The van der Waals surface area contributed by atoms with Gasteiger partial charge >= 0.3 is 0 Å². The Morgan fingerprint density at radius 3 is 2.60 bits per heavy atom. The van der Waals surface area contributed by atoms with E-state index in [0.29, 0.717) is 40.2 Å². The van der Waals surface area contributed by atoms with Crippen LogP contribution in [0.5, 0.6) is 0 Å². The van der Waals surface area contributed by atoms with Crippen molar-refractivity contribution in [1.82, 2.24) is 15.3 Å². The first kappa shape index (κ1) is 22.8. The second-order valence-electron chi connectivity index (χ2n) is 9.44. The van der Waals surface area contributed by atoms with Gasteiger partial charge in [0.1, 0.15) is 18.0 Å². The molecule has 9 nitrogen and oxygen atoms in total. The highest BCUT2D eigenvalue weighted by molar-refractivity contribution is 6.16. The van der Waals surface area contributed by atoms with Crippen molar-refractivity contribution in [2.75, 3.05) is 41.9 Å². The summed E-state index contributed by atoms with van der Waals surface area (Å²) in [6, 6.07) is 15.3. The van der Waals surface area contributed by atoms with Crippen LogP contribution < -0.4 is 26.6 Å². The first-order valence-corrected chi connectivity index (χ1v) is 11.8. The zero-order valence-corrected chi connectivity index (χ0v) is 19.9. The quantitative estimate of drug-likeness (QED) is 0.335. The number of carbonyl (C=O) groups excluding carboxylic acids is 1. The largest absolute Gasteiger partial charge is 0.383 e. The first-order valence-electron chi connectivity index (χ1n) is 11.8. The molecule has 2 heterocycles. The van der Waals surface area contributed by atoms with Crippen molar-refractivity contribution in [3.05, 3.63) is 71.5 Å². The van der Waals surface area contributed by atoms with Gasteiger partial charge in [-0.05, 0) is 55.6 Å². The van der Waals surface area contributed by atoms with Gasteiger partial charge in [-0.1, -0.05) is 18.2 Å². The smallest absolute Gasteiger partial charge is 0.255 e. The molecule has 5 rings (SSSR count). The summed E-state index contributed by atoms with van der Waals surface area (Å²) in [5.41, 5.74) is 9.76. The number of aromatic nitrogens is 2. The minimum Gasteiger partial charge on any atom is -0.383 e. The molecule has 2 bridgehead atoms. The summed E-state index contributed by atoms with van der Waals surface area (Å²) >= 11 is 0. The Hall–Kier alpha value is -3.98. The minimum atomic E-state index is -0.191. The van der Waals surface area contributed by atoms with E-state index in [0.717, 1.165) is 25.1 Å². The third-order valence-electron chi connectivity index (χ3n) is 6.83. The van der Waals surface area contributed by atoms with Gasteiger partial charge in [0.05, 0.1) is 11.3 Å². The van der Waals surface area contributed by atoms with Crippen molar-refractivity contribution in [2.24, 2.45) is 5.92 Å². The van der Waals surface area contributed by atoms with E-state index in [1.165, 1.54) is 6.33 Å². The molecule has 1 saturated heterocycles. The number of fused-ring (bicyclic) bond motifs is 2. The molecule has 2 fully saturated rings. The second-order valence-corrected chi connectivity index (χ2v) is 9.44. The number of nitrogen functional groups attached to an aromatic ring is 1. The molecule has 1 aliphatic carbocycles. The molecule has 1 amide bonds. The van der Waals surface area contributed by atoms with Crippen LogP contribution in [-0.2, 0) is 0 Å². The maximum atomic E-state index is 12.7. The van der Waals surface area contributed by atoms with Crippen LogP contribution in [0.15, 0.2) is 54.9 Å². The maximum Gasteiger partial charge on any atom is 0.255 e. The predicted molar refractivity (Wildman–Crippen MR) is 139 cm³/mol. The van der Waals surface area contributed by atoms with Crippen LogP contribution in [0.4, 0.5) is 23.0 Å². The van der Waals surface area contributed by atoms with Crippen LogP contribution in [0, 0.1) is 11.3 Å². The van der Waals surface area contributed by atoms with Gasteiger partial charge in [-0.3, -0.25) is 10.2 Å². The van der Waals surface area contributed by atoms with Crippen molar-refractivity contribution < 1.29 is 4.79 Å². The van der Waals surface area contributed by atoms with Crippen molar-refractivity contribution in [2.45, 2.75) is 24.9 Å². The fourth-order valence-corrected chi connectivity index (χ4v) is 4.94. The number of nitrogens with two attached hydrogens (primary N) is 1. The third-order valence-corrected chi connectivity index (χ3v) is 6.83. The van der Waals surface area contributed by atoms with E-state index in [9.17, 15) is 4.79 Å². The Kier molecular flexibility index (Phi) is 6.08. The van der Waals surface area contributed by atoms with Gasteiger partial charge in [0.25, 0.3) is 5.91 Å². The average Bonchev–Trinajstić information content (AvgIpc) is 3.48. The lowest BCUT2D eigenvalue weighted by Gasteiger charge is -2.25. The highest BCUT2D eigenvalue weighted by Gasteiger charge is 2.39. The molecule has 9 heteroatoms. The molecule has 0 spiro atoms. The van der Waals surface area contributed by atoms with E-state index < -0.39 is 0 Å². The Morgan fingerprint density at radius 2 is 1.91 bits per heavy atom. The second kappa shape index (κ2) is 9.34. The summed E-state index contributed by atoms with van der Waals surface area (Å²) in [6.07, 6.45) is 3.68. The molecule has 1 saturated carbocycles. The SMILES string of the molecule is CN(C)c1cccc(C(=O)Nc2ccc(C(=N)c3c(N)ncnc3NC3CC4CNC3C4)cc2)c1. The number of hydrogen-bond acceptors (Lipinski definition) is 8. The summed E-state index contributed by atoms with van der Waals surface area (Å²) in [7, 11) is 3.87. The standard InChI is InChI=1S/C26H30N8O/c1-34(2)19-5-3-4-17(12-19)26(35)32-18-8-6-16(7-9-18)23(27)22-24(28)30-14-31-25(22)33-21-11-15-10-20(21)29-13-15/h3-9,12,14-15,20-21,27,29H,10-11,13H2,1-2H3,(H,32,35)(H3,28,30,31,33). The molecule has 3 unspecified atom stereocenters. The lowest BCUT2D eigenvalue weighted by molar-refractivity contribution is 0.102. The number of benzene rings is 2. The van der Waals surface area contributed by atoms with E-state index in [-0.39, 0.29) is 23.5 Å². The highest BCUT2D eigenvalue weighted by atomic mass is 16.1. The number of nitrogens with zero attached hydrogens (tertiary/aromatic N) is 3. The summed E-state index contributed by atoms with van der Waals surface area (Å²) in [6.45, 7) is 1.07. The molecule has 2 aromatic carbocycles. The van der Waals surface area contributed by atoms with Crippen LogP contribution in [0.1, 0.15) is 34.3 Å². The van der Waals surface area contributed by atoms with E-state index in [4.69, 9.17) is 11.1 Å². The molecule has 35 heavy (non-hydrogen) atoms. The van der Waals surface area contributed by atoms with Gasteiger partial charge < -0.3 is 26.6 Å². The van der Waals surface area contributed by atoms with Crippen LogP contribution >= 0.6 is 0 Å². The van der Waals surface area contributed by atoms with Crippen LogP contribution in [-0.4, -0.2) is 54.3 Å². The predicted octanol–water partition coefficient (Wildman–Crippen LogP) is 2.96. The van der Waals surface area contributed by atoms with Crippen molar-refractivity contribution in [3.63, 3.8) is 0 Å². The van der Waals surface area contributed by atoms with Gasteiger partial charge in [-0.25, -0.2) is 9.97 Å². The monoisotopic (exact) mass is 470 g/mol. The van der Waals surface area contributed by atoms with E-state index in [2.05, 4.69) is 25.9 Å². The van der Waals surface area contributed by atoms with E-state index in [1.54, 1.807) is 30.3 Å². The van der Waals surface area contributed by atoms with Crippen molar-refractivity contribution in [1.29, 1.82) is 5.41 Å². The van der Waals surface area contributed by atoms with E-state index >= 15 is 0 Å². The van der Waals surface area contributed by atoms with Crippen molar-refractivity contribution in [3.8, 4) is 0 Å². The highest BCUT2D eigenvalue weighted by Crippen LogP contribution is 2.34. The molecule has 3 aromatic rings. The fraction of sp³-hybridized carbons (Fsp3) is 0.308. The molecule has 2 aliphatic rings. The lowest BCUT2D eigenvalue weighted by Crippen LogP contribution is -2.41. The number of carbonyl (C=O) groups is 1. The van der Waals surface area contributed by atoms with Crippen molar-refractivity contribution >= 4 is 34.6 Å². The summed E-state index contributed by atoms with van der Waals surface area (Å²) in [5, 5.41) is 18.8. The third kappa shape index (κ3) is 4.67. The van der Waals surface area contributed by atoms with Gasteiger partial charge in [-0.15, -0.1) is 0 Å². The van der Waals surface area contributed by atoms with Crippen LogP contribution in [0.25, 0.3) is 0 Å². The summed E-state index contributed by atoms with van der Waals surface area (Å²) in [5.74, 6) is 1.35. The number of nitrogens with one attached hydrogen (secondary N) is 4. The lowest BCUT2D eigenvalue weighted by atomic mass is 10.0. The number of rotatable bonds is 7. The van der Waals surface area contributed by atoms with E-state index in [1.807, 2.05) is 37.2 Å². The molecule has 1 aromatic heterocycles. The Bertz CT molecular complexity index is 1260. The number of anilines is 4. The normalized spacial score (nSPS) is 20.5. The fourth-order valence-electron chi connectivity index (χ4n) is 4.94. The Morgan fingerprint density at radius 1 is 1.11 bits per heavy atom. The zero-order chi connectivity index (χ0) is 24.5. The average molecular weight is 471 g/mol. The minimum absolute atomic E-state index is 0.191. The Labute approximate surface area is 204 Å². The Balaban J connectivity index is 1.31. The molecule has 6 N–H and O–H groups in total. The maximum absolute atomic E-state index is 12.7. The molecular weight excluding hydrogens is 440 g/mol. The number of hydrogen-bond donors (Lipinski definition) is 5. The molecule has 1 aliphatic heterocycles. The van der Waals surface area contributed by atoms with Gasteiger partial charge in [0, 0.05) is 48.7 Å². The number of amides is 1. The molecule has 180 valence electrons. The molecule has 3 atom stereocenters. The van der Waals surface area contributed by atoms with Gasteiger partial charge in [0.2, 0.25) is 0 Å². The topological polar surface area (TPSA) is 132 Å². The zero-order valence-electron chi connectivity index (χ0n) is 19.9. The number of piperidine rings is 1. The molecular formula is C26H30N8O. The van der Waals surface area contributed by atoms with Gasteiger partial charge in [0.15, 0.2) is 0 Å². The summed E-state index contributed by atoms with van der Waals surface area (Å²) in [4.78, 5) is 23.2. The summed E-state index contributed by atoms with van der Waals surface area (Å²) < 4.78 is 0. The molecule has 0 radical (unpaired) electrons. The van der Waals surface area contributed by atoms with Crippen LogP contribution in [0.2, 0.25) is 0 Å². The van der Waals surface area contributed by atoms with Gasteiger partial charge in [-0.2, -0.15) is 0 Å². The van der Waals surface area contributed by atoms with Crippen LogP contribution in [0.3, 0.4) is 0 Å².